The van der Waals surface area contributed by atoms with E-state index in [1.54, 1.807) is 24.5 Å². The highest BCUT2D eigenvalue weighted by Crippen LogP contribution is 2.09. The van der Waals surface area contributed by atoms with Crippen LogP contribution < -0.4 is 5.43 Å². The number of hydrogen-bond acceptors (Lipinski definition) is 3. The molecule has 2 aromatic rings. The highest BCUT2D eigenvalue weighted by molar-refractivity contribution is 6.02. The van der Waals surface area contributed by atoms with Gasteiger partial charge in [-0.3, -0.25) is 9.78 Å². The molecule has 0 saturated carbocycles. The van der Waals surface area contributed by atoms with Crippen molar-refractivity contribution < 1.29 is 4.79 Å². The van der Waals surface area contributed by atoms with Gasteiger partial charge in [-0.25, -0.2) is 5.43 Å². The molecule has 1 heterocycles. The van der Waals surface area contributed by atoms with E-state index in [1.807, 2.05) is 30.3 Å². The lowest BCUT2D eigenvalue weighted by Crippen LogP contribution is -2.20. The van der Waals surface area contributed by atoms with Crippen LogP contribution in [0.4, 0.5) is 0 Å². The van der Waals surface area contributed by atoms with Crippen molar-refractivity contribution in [3.63, 3.8) is 0 Å². The molecule has 1 aromatic carbocycles. The third-order valence-corrected chi connectivity index (χ3v) is 3.36. The molecule has 4 heteroatoms. The Morgan fingerprint density at radius 3 is 2.45 bits per heavy atom. The summed E-state index contributed by atoms with van der Waals surface area (Å²) < 4.78 is 0. The molecular formula is C18H21N3O. The second-order valence-corrected chi connectivity index (χ2v) is 5.06. The van der Waals surface area contributed by atoms with Crippen LogP contribution in [0.15, 0.2) is 60.0 Å². The summed E-state index contributed by atoms with van der Waals surface area (Å²) in [4.78, 5) is 16.0. The maximum atomic E-state index is 12.1. The predicted molar refractivity (Wildman–Crippen MR) is 88.8 cm³/mol. The van der Waals surface area contributed by atoms with Gasteiger partial charge in [0, 0.05) is 18.0 Å². The molecule has 1 N–H and O–H groups in total. The van der Waals surface area contributed by atoms with Crippen molar-refractivity contribution in [3.05, 3.63) is 66.0 Å². The van der Waals surface area contributed by atoms with Crippen LogP contribution in [-0.2, 0) is 0 Å². The fourth-order valence-corrected chi connectivity index (χ4v) is 2.12. The average Bonchev–Trinajstić information content (AvgIpc) is 2.59. The Labute approximate surface area is 131 Å². The maximum Gasteiger partial charge on any atom is 0.271 e. The Bertz CT molecular complexity index is 609. The summed E-state index contributed by atoms with van der Waals surface area (Å²) in [7, 11) is 0. The number of nitrogens with one attached hydrogen (secondary N) is 1. The quantitative estimate of drug-likeness (QED) is 0.480. The summed E-state index contributed by atoms with van der Waals surface area (Å²) in [5.74, 6) is -0.216. The van der Waals surface area contributed by atoms with E-state index in [0.29, 0.717) is 5.56 Å². The van der Waals surface area contributed by atoms with E-state index in [2.05, 4.69) is 22.4 Å². The Morgan fingerprint density at radius 2 is 1.77 bits per heavy atom. The van der Waals surface area contributed by atoms with Gasteiger partial charge in [0.05, 0.1) is 5.71 Å². The third kappa shape index (κ3) is 4.81. The molecule has 0 aliphatic rings. The number of hydrogen-bond donors (Lipinski definition) is 1. The van der Waals surface area contributed by atoms with E-state index in [-0.39, 0.29) is 5.91 Å². The SMILES string of the molecule is CCCCCC(=NNC(=O)c1ccncc1)c1ccccc1. The van der Waals surface area contributed by atoms with Crippen molar-refractivity contribution >= 4 is 11.6 Å². The summed E-state index contributed by atoms with van der Waals surface area (Å²) in [6.45, 7) is 2.17. The van der Waals surface area contributed by atoms with E-state index < -0.39 is 0 Å². The first-order chi connectivity index (χ1) is 10.8. The van der Waals surface area contributed by atoms with Crippen molar-refractivity contribution in [1.82, 2.24) is 10.4 Å². The Balaban J connectivity index is 2.09. The van der Waals surface area contributed by atoms with E-state index in [1.165, 1.54) is 0 Å². The van der Waals surface area contributed by atoms with Gasteiger partial charge in [-0.2, -0.15) is 5.10 Å². The number of amides is 1. The minimum absolute atomic E-state index is 0.216. The second kappa shape index (κ2) is 8.72. The van der Waals surface area contributed by atoms with Gasteiger partial charge in [-0.05, 0) is 30.5 Å². The normalized spacial score (nSPS) is 11.2. The van der Waals surface area contributed by atoms with E-state index in [9.17, 15) is 4.79 Å². The molecule has 1 amide bonds. The van der Waals surface area contributed by atoms with Gasteiger partial charge in [0.1, 0.15) is 0 Å². The summed E-state index contributed by atoms with van der Waals surface area (Å²) in [5.41, 5.74) is 5.16. The zero-order valence-electron chi connectivity index (χ0n) is 12.8. The molecule has 0 fully saturated rings. The van der Waals surface area contributed by atoms with E-state index >= 15 is 0 Å². The Hall–Kier alpha value is -2.49. The lowest BCUT2D eigenvalue weighted by atomic mass is 10.0. The first-order valence-corrected chi connectivity index (χ1v) is 7.63. The van der Waals surface area contributed by atoms with Gasteiger partial charge in [0.2, 0.25) is 0 Å². The van der Waals surface area contributed by atoms with Crippen LogP contribution in [0.3, 0.4) is 0 Å². The second-order valence-electron chi connectivity index (χ2n) is 5.06. The number of pyridine rings is 1. The summed E-state index contributed by atoms with van der Waals surface area (Å²) in [6, 6.07) is 13.3. The van der Waals surface area contributed by atoms with Gasteiger partial charge >= 0.3 is 0 Å². The summed E-state index contributed by atoms with van der Waals surface area (Å²) >= 11 is 0. The molecule has 0 saturated heterocycles. The molecule has 114 valence electrons. The first-order valence-electron chi connectivity index (χ1n) is 7.63. The Kier molecular flexibility index (Phi) is 6.30. The third-order valence-electron chi connectivity index (χ3n) is 3.36. The number of unbranched alkanes of at least 4 members (excludes halogenated alkanes) is 2. The van der Waals surface area contributed by atoms with Crippen molar-refractivity contribution in [2.45, 2.75) is 32.6 Å². The zero-order chi connectivity index (χ0) is 15.6. The van der Waals surface area contributed by atoms with Crippen LogP contribution in [0.1, 0.15) is 48.5 Å². The average molecular weight is 295 g/mol. The van der Waals surface area contributed by atoms with Crippen molar-refractivity contribution in [2.75, 3.05) is 0 Å². The maximum absolute atomic E-state index is 12.1. The number of benzene rings is 1. The van der Waals surface area contributed by atoms with Crippen LogP contribution >= 0.6 is 0 Å². The van der Waals surface area contributed by atoms with Gasteiger partial charge < -0.3 is 0 Å². The number of nitrogens with zero attached hydrogens (tertiary/aromatic N) is 2. The Morgan fingerprint density at radius 1 is 1.05 bits per heavy atom. The van der Waals surface area contributed by atoms with E-state index in [4.69, 9.17) is 0 Å². The van der Waals surface area contributed by atoms with Gasteiger partial charge in [-0.1, -0.05) is 50.1 Å². The highest BCUT2D eigenvalue weighted by Gasteiger charge is 2.06. The van der Waals surface area contributed by atoms with Crippen LogP contribution in [-0.4, -0.2) is 16.6 Å². The molecule has 0 aliphatic heterocycles. The molecule has 2 rings (SSSR count). The van der Waals surface area contributed by atoms with Crippen molar-refractivity contribution in [2.24, 2.45) is 5.10 Å². The van der Waals surface area contributed by atoms with E-state index in [0.717, 1.165) is 37.0 Å². The van der Waals surface area contributed by atoms with Crippen LogP contribution in [0.25, 0.3) is 0 Å². The summed E-state index contributed by atoms with van der Waals surface area (Å²) in [6.07, 6.45) is 7.43. The molecule has 0 spiro atoms. The van der Waals surface area contributed by atoms with Crippen molar-refractivity contribution in [1.29, 1.82) is 0 Å². The van der Waals surface area contributed by atoms with Gasteiger partial charge in [-0.15, -0.1) is 0 Å². The largest absolute Gasteiger partial charge is 0.271 e. The number of carbonyl (C=O) groups excluding carboxylic acids is 1. The molecule has 4 nitrogen and oxygen atoms in total. The molecule has 22 heavy (non-hydrogen) atoms. The van der Waals surface area contributed by atoms with Crippen molar-refractivity contribution in [3.8, 4) is 0 Å². The fraction of sp³-hybridized carbons (Fsp3) is 0.278. The topological polar surface area (TPSA) is 54.4 Å². The lowest BCUT2D eigenvalue weighted by molar-refractivity contribution is 0.0954. The van der Waals surface area contributed by atoms with Gasteiger partial charge in [0.15, 0.2) is 0 Å². The fourth-order valence-electron chi connectivity index (χ4n) is 2.12. The highest BCUT2D eigenvalue weighted by atomic mass is 16.2. The first kappa shape index (κ1) is 15.9. The van der Waals surface area contributed by atoms with Gasteiger partial charge in [0.25, 0.3) is 5.91 Å². The zero-order valence-corrected chi connectivity index (χ0v) is 12.8. The smallest absolute Gasteiger partial charge is 0.267 e. The summed E-state index contributed by atoms with van der Waals surface area (Å²) in [5, 5.41) is 4.34. The van der Waals surface area contributed by atoms with Crippen LogP contribution in [0.2, 0.25) is 0 Å². The molecular weight excluding hydrogens is 274 g/mol. The minimum Gasteiger partial charge on any atom is -0.267 e. The molecule has 0 atom stereocenters. The van der Waals surface area contributed by atoms with Crippen LogP contribution in [0.5, 0.6) is 0 Å². The number of hydrazone groups is 1. The number of aromatic nitrogens is 1. The minimum atomic E-state index is -0.216. The molecule has 1 aromatic heterocycles. The number of rotatable bonds is 7. The molecule has 0 aliphatic carbocycles. The lowest BCUT2D eigenvalue weighted by Gasteiger charge is -2.07. The monoisotopic (exact) mass is 295 g/mol. The molecule has 0 radical (unpaired) electrons. The standard InChI is InChI=1S/C18H21N3O/c1-2-3-5-10-17(15-8-6-4-7-9-15)20-21-18(22)16-11-13-19-14-12-16/h4,6-9,11-14H,2-3,5,10H2,1H3,(H,21,22). The molecule has 0 bridgehead atoms. The van der Waals surface area contributed by atoms with Crippen LogP contribution in [0, 0.1) is 0 Å². The number of carbonyl (C=O) groups is 1. The molecule has 0 unspecified atom stereocenters. The predicted octanol–water partition coefficient (Wildman–Crippen LogP) is 3.80.